The van der Waals surface area contributed by atoms with Crippen LogP contribution in [-0.4, -0.2) is 17.9 Å². The van der Waals surface area contributed by atoms with E-state index < -0.39 is 0 Å². The molecule has 0 radical (unpaired) electrons. The van der Waals surface area contributed by atoms with Gasteiger partial charge in [0.1, 0.15) is 6.04 Å². The first-order valence-corrected chi connectivity index (χ1v) is 4.46. The lowest BCUT2D eigenvalue weighted by Gasteiger charge is -2.04. The molecular formula is C10H11N3O. The molecular weight excluding hydrogens is 178 g/mol. The van der Waals surface area contributed by atoms with Gasteiger partial charge < -0.3 is 5.32 Å². The molecule has 1 aromatic carbocycles. The number of guanidine groups is 1. The molecule has 0 fully saturated rings. The van der Waals surface area contributed by atoms with Gasteiger partial charge >= 0.3 is 0 Å². The number of nitrogens with one attached hydrogen (secondary N) is 2. The van der Waals surface area contributed by atoms with Crippen LogP contribution in [0.1, 0.15) is 6.92 Å². The number of nitrogens with zero attached hydrogens (tertiary/aromatic N) is 1. The van der Waals surface area contributed by atoms with Gasteiger partial charge in [0.2, 0.25) is 5.96 Å². The summed E-state index contributed by atoms with van der Waals surface area (Å²) in [5.41, 5.74) is 0.917. The van der Waals surface area contributed by atoms with Gasteiger partial charge in [-0.2, -0.15) is 0 Å². The molecule has 4 nitrogen and oxygen atoms in total. The van der Waals surface area contributed by atoms with Crippen molar-refractivity contribution >= 4 is 17.6 Å². The Hall–Kier alpha value is -1.84. The van der Waals surface area contributed by atoms with Gasteiger partial charge in [-0.1, -0.05) is 18.2 Å². The molecule has 1 amide bonds. The molecule has 0 saturated heterocycles. The minimum atomic E-state index is -0.291. The van der Waals surface area contributed by atoms with E-state index in [9.17, 15) is 4.79 Å². The van der Waals surface area contributed by atoms with Crippen LogP contribution in [0.2, 0.25) is 0 Å². The largest absolute Gasteiger partial charge is 0.326 e. The van der Waals surface area contributed by atoms with Gasteiger partial charge in [0, 0.05) is 5.69 Å². The van der Waals surface area contributed by atoms with Crippen LogP contribution < -0.4 is 10.6 Å². The van der Waals surface area contributed by atoms with Crippen molar-refractivity contribution in [2.75, 3.05) is 5.32 Å². The molecule has 1 atom stereocenters. The van der Waals surface area contributed by atoms with Gasteiger partial charge in [0.15, 0.2) is 0 Å². The van der Waals surface area contributed by atoms with E-state index in [0.29, 0.717) is 5.96 Å². The molecule has 1 aliphatic heterocycles. The summed E-state index contributed by atoms with van der Waals surface area (Å²) < 4.78 is 0. The summed E-state index contributed by atoms with van der Waals surface area (Å²) in [5, 5.41) is 5.67. The number of para-hydroxylation sites is 1. The number of carbonyl (C=O) groups excluding carboxylic acids is 1. The lowest BCUT2D eigenvalue weighted by atomic mass is 10.3. The van der Waals surface area contributed by atoms with E-state index in [2.05, 4.69) is 15.6 Å². The number of anilines is 1. The summed E-state index contributed by atoms with van der Waals surface area (Å²) in [6, 6.07) is 9.31. The van der Waals surface area contributed by atoms with E-state index in [1.807, 2.05) is 30.3 Å². The maximum atomic E-state index is 11.1. The summed E-state index contributed by atoms with van der Waals surface area (Å²) >= 11 is 0. The zero-order valence-electron chi connectivity index (χ0n) is 7.82. The van der Waals surface area contributed by atoms with Crippen molar-refractivity contribution in [3.8, 4) is 0 Å². The number of rotatable bonds is 1. The predicted octanol–water partition coefficient (Wildman–Crippen LogP) is 0.973. The second-order valence-electron chi connectivity index (χ2n) is 3.13. The lowest BCUT2D eigenvalue weighted by molar-refractivity contribution is -0.119. The second kappa shape index (κ2) is 3.49. The van der Waals surface area contributed by atoms with Crippen molar-refractivity contribution in [1.82, 2.24) is 5.32 Å². The number of aliphatic imine (C=N–C) groups is 1. The molecule has 0 aliphatic carbocycles. The molecule has 1 aliphatic rings. The van der Waals surface area contributed by atoms with Crippen molar-refractivity contribution < 1.29 is 4.79 Å². The third-order valence-electron chi connectivity index (χ3n) is 1.98. The van der Waals surface area contributed by atoms with E-state index >= 15 is 0 Å². The number of benzene rings is 1. The maximum Gasteiger partial charge on any atom is 0.251 e. The minimum absolute atomic E-state index is 0.0663. The Morgan fingerprint density at radius 2 is 2.07 bits per heavy atom. The van der Waals surface area contributed by atoms with Crippen LogP contribution in [0.3, 0.4) is 0 Å². The summed E-state index contributed by atoms with van der Waals surface area (Å²) in [5.74, 6) is 0.456. The Morgan fingerprint density at radius 1 is 1.36 bits per heavy atom. The first kappa shape index (κ1) is 8.74. The molecule has 1 unspecified atom stereocenters. The van der Waals surface area contributed by atoms with Crippen LogP contribution in [0.4, 0.5) is 5.69 Å². The number of amides is 1. The number of hydrogen-bond donors (Lipinski definition) is 2. The van der Waals surface area contributed by atoms with Gasteiger partial charge in [-0.3, -0.25) is 10.1 Å². The van der Waals surface area contributed by atoms with E-state index in [1.54, 1.807) is 6.92 Å². The zero-order chi connectivity index (χ0) is 9.97. The Bertz CT molecular complexity index is 372. The molecule has 0 spiro atoms. The third-order valence-corrected chi connectivity index (χ3v) is 1.98. The van der Waals surface area contributed by atoms with E-state index in [0.717, 1.165) is 5.69 Å². The van der Waals surface area contributed by atoms with Crippen molar-refractivity contribution in [2.24, 2.45) is 4.99 Å². The number of carbonyl (C=O) groups is 1. The van der Waals surface area contributed by atoms with E-state index in [1.165, 1.54) is 0 Å². The third kappa shape index (κ3) is 1.74. The van der Waals surface area contributed by atoms with Crippen LogP contribution in [-0.2, 0) is 4.79 Å². The molecule has 72 valence electrons. The summed E-state index contributed by atoms with van der Waals surface area (Å²) in [6.45, 7) is 1.76. The Morgan fingerprint density at radius 3 is 2.64 bits per heavy atom. The highest BCUT2D eigenvalue weighted by Gasteiger charge is 2.21. The molecule has 0 bridgehead atoms. The summed E-state index contributed by atoms with van der Waals surface area (Å²) in [4.78, 5) is 15.2. The van der Waals surface area contributed by atoms with Crippen LogP contribution >= 0.6 is 0 Å². The monoisotopic (exact) mass is 189 g/mol. The van der Waals surface area contributed by atoms with Gasteiger partial charge in [-0.05, 0) is 19.1 Å². The highest BCUT2D eigenvalue weighted by Crippen LogP contribution is 2.07. The molecule has 1 heterocycles. The fourth-order valence-corrected chi connectivity index (χ4v) is 1.23. The molecule has 2 N–H and O–H groups in total. The second-order valence-corrected chi connectivity index (χ2v) is 3.13. The summed E-state index contributed by atoms with van der Waals surface area (Å²) in [6.07, 6.45) is 0. The van der Waals surface area contributed by atoms with Crippen LogP contribution in [0, 0.1) is 0 Å². The van der Waals surface area contributed by atoms with Gasteiger partial charge in [0.05, 0.1) is 0 Å². The Labute approximate surface area is 82.0 Å². The van der Waals surface area contributed by atoms with Crippen molar-refractivity contribution in [3.63, 3.8) is 0 Å². The topological polar surface area (TPSA) is 53.5 Å². The SMILES string of the molecule is CC1N=C(Nc2ccccc2)NC1=O. The van der Waals surface area contributed by atoms with Crippen molar-refractivity contribution in [2.45, 2.75) is 13.0 Å². The quantitative estimate of drug-likeness (QED) is 0.691. The Balaban J connectivity index is 2.07. The predicted molar refractivity (Wildman–Crippen MR) is 55.1 cm³/mol. The molecule has 14 heavy (non-hydrogen) atoms. The average molecular weight is 189 g/mol. The zero-order valence-corrected chi connectivity index (χ0v) is 7.82. The molecule has 2 rings (SSSR count). The van der Waals surface area contributed by atoms with Gasteiger partial charge in [-0.15, -0.1) is 0 Å². The van der Waals surface area contributed by atoms with Gasteiger partial charge in [0.25, 0.3) is 5.91 Å². The fraction of sp³-hybridized carbons (Fsp3) is 0.200. The van der Waals surface area contributed by atoms with E-state index in [4.69, 9.17) is 0 Å². The molecule has 4 heteroatoms. The smallest absolute Gasteiger partial charge is 0.251 e. The van der Waals surface area contributed by atoms with Crippen LogP contribution in [0.5, 0.6) is 0 Å². The first-order valence-electron chi connectivity index (χ1n) is 4.46. The normalized spacial score (nSPS) is 20.2. The highest BCUT2D eigenvalue weighted by molar-refractivity contribution is 6.10. The fourth-order valence-electron chi connectivity index (χ4n) is 1.23. The minimum Gasteiger partial charge on any atom is -0.326 e. The van der Waals surface area contributed by atoms with E-state index in [-0.39, 0.29) is 11.9 Å². The average Bonchev–Trinajstić information content (AvgIpc) is 2.47. The van der Waals surface area contributed by atoms with Crippen molar-refractivity contribution in [3.05, 3.63) is 30.3 Å². The molecule has 0 aromatic heterocycles. The molecule has 0 saturated carbocycles. The first-order chi connectivity index (χ1) is 6.75. The Kier molecular flexibility index (Phi) is 2.18. The standard InChI is InChI=1S/C10H11N3O/c1-7-9(14)13-10(11-7)12-8-5-3-2-4-6-8/h2-7H,1H3,(H2,11,12,13,14). The summed E-state index contributed by atoms with van der Waals surface area (Å²) in [7, 11) is 0. The van der Waals surface area contributed by atoms with Crippen molar-refractivity contribution in [1.29, 1.82) is 0 Å². The van der Waals surface area contributed by atoms with Gasteiger partial charge in [-0.25, -0.2) is 4.99 Å². The number of hydrogen-bond acceptors (Lipinski definition) is 3. The van der Waals surface area contributed by atoms with Crippen LogP contribution in [0.25, 0.3) is 0 Å². The van der Waals surface area contributed by atoms with Crippen LogP contribution in [0.15, 0.2) is 35.3 Å². The lowest BCUT2D eigenvalue weighted by Crippen LogP contribution is -2.31. The highest BCUT2D eigenvalue weighted by atomic mass is 16.2. The molecule has 1 aromatic rings. The maximum absolute atomic E-state index is 11.1.